The van der Waals surface area contributed by atoms with E-state index in [9.17, 15) is 26.4 Å². The number of rotatable bonds is 6. The van der Waals surface area contributed by atoms with Crippen molar-refractivity contribution in [1.29, 1.82) is 0 Å². The lowest BCUT2D eigenvalue weighted by molar-refractivity contribution is -0.274. The maximum absolute atomic E-state index is 12.7. The van der Waals surface area contributed by atoms with Crippen LogP contribution < -0.4 is 15.0 Å². The zero-order valence-electron chi connectivity index (χ0n) is 21.5. The maximum Gasteiger partial charge on any atom is 0.573 e. The van der Waals surface area contributed by atoms with E-state index in [2.05, 4.69) is 31.0 Å². The number of hydrogen-bond acceptors (Lipinski definition) is 7. The number of carbonyl (C=O) groups excluding carboxylic acids is 1. The van der Waals surface area contributed by atoms with E-state index < -0.39 is 16.2 Å². The van der Waals surface area contributed by atoms with Gasteiger partial charge in [-0.25, -0.2) is 23.2 Å². The summed E-state index contributed by atoms with van der Waals surface area (Å²) in [6, 6.07) is 12.1. The van der Waals surface area contributed by atoms with Crippen molar-refractivity contribution in [2.45, 2.75) is 18.5 Å². The van der Waals surface area contributed by atoms with Gasteiger partial charge in [0.15, 0.2) is 9.84 Å². The maximum atomic E-state index is 12.7. The number of nitrogens with zero attached hydrogens (tertiary/aromatic N) is 4. The van der Waals surface area contributed by atoms with Gasteiger partial charge in [0, 0.05) is 50.1 Å². The molecule has 0 unspecified atom stereocenters. The minimum absolute atomic E-state index is 0.00459. The Balaban J connectivity index is 1.21. The number of anilines is 2. The molecule has 0 atom stereocenters. The lowest BCUT2D eigenvalue weighted by Crippen LogP contribution is -2.50. The molecular weight excluding hydrogens is 547 g/mol. The van der Waals surface area contributed by atoms with Gasteiger partial charge in [0.2, 0.25) is 0 Å². The van der Waals surface area contributed by atoms with Crippen LogP contribution in [0.2, 0.25) is 0 Å². The van der Waals surface area contributed by atoms with E-state index in [0.29, 0.717) is 38.3 Å². The zero-order valence-corrected chi connectivity index (χ0v) is 22.3. The van der Waals surface area contributed by atoms with Crippen molar-refractivity contribution >= 4 is 39.0 Å². The highest BCUT2D eigenvalue weighted by Gasteiger charge is 2.31. The zero-order chi connectivity index (χ0) is 28.5. The average Bonchev–Trinajstić information content (AvgIpc) is 3.33. The molecule has 1 N–H and O–H groups in total. The van der Waals surface area contributed by atoms with Crippen LogP contribution in [-0.2, 0) is 22.0 Å². The average molecular weight is 574 g/mol. The van der Waals surface area contributed by atoms with Gasteiger partial charge in [-0.1, -0.05) is 24.3 Å². The number of piperazine rings is 1. The molecule has 9 nitrogen and oxygen atoms in total. The van der Waals surface area contributed by atoms with Crippen molar-refractivity contribution in [2.75, 3.05) is 42.7 Å². The Morgan fingerprint density at radius 3 is 2.30 bits per heavy atom. The summed E-state index contributed by atoms with van der Waals surface area (Å²) >= 11 is 0. The topological polar surface area (TPSA) is 105 Å². The van der Waals surface area contributed by atoms with E-state index in [4.69, 9.17) is 0 Å². The number of nitrogens with one attached hydrogen (secondary N) is 1. The first-order chi connectivity index (χ1) is 18.9. The number of halogens is 3. The molecule has 1 aliphatic heterocycles. The summed E-state index contributed by atoms with van der Waals surface area (Å²) < 4.78 is 64.0. The molecule has 2 heterocycles. The number of amides is 2. The summed E-state index contributed by atoms with van der Waals surface area (Å²) in [7, 11) is -3.11. The number of alkyl halides is 3. The Hall–Kier alpha value is -4.13. The Labute approximate surface area is 229 Å². The van der Waals surface area contributed by atoms with Gasteiger partial charge in [-0.05, 0) is 47.0 Å². The van der Waals surface area contributed by atoms with Crippen molar-refractivity contribution in [3.05, 3.63) is 77.2 Å². The second-order valence-electron chi connectivity index (χ2n) is 9.65. The van der Waals surface area contributed by atoms with Crippen LogP contribution in [0.3, 0.4) is 0 Å². The van der Waals surface area contributed by atoms with Gasteiger partial charge in [0.1, 0.15) is 17.9 Å². The fraction of sp³-hybridized carbons (Fsp3) is 0.296. The van der Waals surface area contributed by atoms with Crippen LogP contribution in [0.5, 0.6) is 5.75 Å². The fourth-order valence-corrected chi connectivity index (χ4v) is 5.53. The summed E-state index contributed by atoms with van der Waals surface area (Å²) in [6.45, 7) is 1.94. The third-order valence-electron chi connectivity index (χ3n) is 6.58. The standard InChI is InChI=1S/C27H26F3N5O4S/c1-40(37,38)16-18-2-4-19(5-3-18)20-14-23-24(15-20)31-17-32-25(23)34-10-12-35(13-11-34)26(36)33-21-6-8-22(9-7-21)39-27(28,29)30/h2-9,14,17H,10-13,15-16H2,1H3,(H,33,36). The predicted molar refractivity (Wildman–Crippen MR) is 145 cm³/mol. The Bertz CT molecular complexity index is 1530. The lowest BCUT2D eigenvalue weighted by atomic mass is 10.0. The molecule has 0 radical (unpaired) electrons. The van der Waals surface area contributed by atoms with Gasteiger partial charge in [-0.3, -0.25) is 0 Å². The minimum atomic E-state index is -4.78. The Morgan fingerprint density at radius 1 is 1.00 bits per heavy atom. The van der Waals surface area contributed by atoms with Crippen molar-refractivity contribution < 1.29 is 31.1 Å². The number of aromatic nitrogens is 2. The molecule has 0 saturated carbocycles. The lowest BCUT2D eigenvalue weighted by Gasteiger charge is -2.35. The third kappa shape index (κ3) is 6.71. The van der Waals surface area contributed by atoms with Crippen LogP contribution in [0.4, 0.5) is 29.5 Å². The first-order valence-corrected chi connectivity index (χ1v) is 14.5. The third-order valence-corrected chi connectivity index (χ3v) is 7.44. The molecule has 40 heavy (non-hydrogen) atoms. The molecular formula is C27H26F3N5O4S. The van der Waals surface area contributed by atoms with Crippen LogP contribution in [0.15, 0.2) is 54.9 Å². The largest absolute Gasteiger partial charge is 0.573 e. The number of allylic oxidation sites excluding steroid dienone is 1. The van der Waals surface area contributed by atoms with Crippen molar-refractivity contribution in [3.63, 3.8) is 0 Å². The predicted octanol–water partition coefficient (Wildman–Crippen LogP) is 4.37. The number of urea groups is 1. The van der Waals surface area contributed by atoms with E-state index in [1.165, 1.54) is 24.7 Å². The van der Waals surface area contributed by atoms with E-state index in [1.54, 1.807) is 4.90 Å². The number of fused-ring (bicyclic) bond motifs is 1. The molecule has 2 amide bonds. The van der Waals surface area contributed by atoms with E-state index >= 15 is 0 Å². The first kappa shape index (κ1) is 27.4. The smallest absolute Gasteiger partial charge is 0.406 e. The molecule has 1 aliphatic carbocycles. The van der Waals surface area contributed by atoms with Crippen LogP contribution in [0.1, 0.15) is 22.4 Å². The summed E-state index contributed by atoms with van der Waals surface area (Å²) in [5.74, 6) is 0.418. The number of carbonyl (C=O) groups is 1. The summed E-state index contributed by atoms with van der Waals surface area (Å²) in [4.78, 5) is 25.4. The van der Waals surface area contributed by atoms with Gasteiger partial charge >= 0.3 is 12.4 Å². The molecule has 13 heteroatoms. The quantitative estimate of drug-likeness (QED) is 0.467. The van der Waals surface area contributed by atoms with Crippen LogP contribution >= 0.6 is 0 Å². The highest BCUT2D eigenvalue weighted by atomic mass is 32.2. The first-order valence-electron chi connectivity index (χ1n) is 12.4. The molecule has 0 spiro atoms. The summed E-state index contributed by atoms with van der Waals surface area (Å²) in [5, 5.41) is 2.70. The van der Waals surface area contributed by atoms with Gasteiger partial charge < -0.3 is 19.9 Å². The molecule has 2 aromatic carbocycles. The molecule has 2 aliphatic rings. The second-order valence-corrected chi connectivity index (χ2v) is 11.8. The van der Waals surface area contributed by atoms with Crippen LogP contribution in [-0.4, -0.2) is 68.1 Å². The molecule has 0 bridgehead atoms. The van der Waals surface area contributed by atoms with Gasteiger partial charge in [0.05, 0.1) is 11.4 Å². The second kappa shape index (κ2) is 10.8. The summed E-state index contributed by atoms with van der Waals surface area (Å²) in [6.07, 6.45) is 0.652. The monoisotopic (exact) mass is 573 g/mol. The Morgan fingerprint density at radius 2 is 1.68 bits per heavy atom. The van der Waals surface area contributed by atoms with Crippen LogP contribution in [0.25, 0.3) is 11.6 Å². The highest BCUT2D eigenvalue weighted by Crippen LogP contribution is 2.35. The molecule has 1 aromatic heterocycles. The normalized spacial score (nSPS) is 15.4. The van der Waals surface area contributed by atoms with E-state index in [-0.39, 0.29) is 17.5 Å². The van der Waals surface area contributed by atoms with E-state index in [0.717, 1.165) is 45.9 Å². The van der Waals surface area contributed by atoms with Gasteiger partial charge in [-0.15, -0.1) is 13.2 Å². The number of benzene rings is 2. The van der Waals surface area contributed by atoms with Crippen LogP contribution in [0, 0.1) is 0 Å². The molecule has 5 rings (SSSR count). The molecule has 210 valence electrons. The van der Waals surface area contributed by atoms with Gasteiger partial charge in [0.25, 0.3) is 0 Å². The van der Waals surface area contributed by atoms with Crippen molar-refractivity contribution in [3.8, 4) is 5.75 Å². The molecule has 1 saturated heterocycles. The molecule has 3 aromatic rings. The number of sulfone groups is 1. The van der Waals surface area contributed by atoms with Crippen molar-refractivity contribution in [2.24, 2.45) is 0 Å². The fourth-order valence-electron chi connectivity index (χ4n) is 4.73. The minimum Gasteiger partial charge on any atom is -0.406 e. The highest BCUT2D eigenvalue weighted by molar-refractivity contribution is 7.89. The summed E-state index contributed by atoms with van der Waals surface area (Å²) in [5.41, 5.74) is 4.97. The molecule has 1 fully saturated rings. The Kier molecular flexibility index (Phi) is 7.41. The van der Waals surface area contributed by atoms with E-state index in [1.807, 2.05) is 24.3 Å². The van der Waals surface area contributed by atoms with Gasteiger partial charge in [-0.2, -0.15) is 0 Å². The number of hydrogen-bond donors (Lipinski definition) is 1. The number of ether oxygens (including phenoxy) is 1. The van der Waals surface area contributed by atoms with Crippen molar-refractivity contribution in [1.82, 2.24) is 14.9 Å². The SMILES string of the molecule is CS(=O)(=O)Cc1ccc(C2=Cc3c(ncnc3N3CCN(C(=O)Nc4ccc(OC(F)(F)F)cc4)CC3)C2)cc1.